The lowest BCUT2D eigenvalue weighted by molar-refractivity contribution is 0.568. The van der Waals surface area contributed by atoms with Gasteiger partial charge in [-0.15, -0.1) is 11.3 Å². The molecule has 0 spiro atoms. The number of pyridine rings is 1. The van der Waals surface area contributed by atoms with Gasteiger partial charge in [0.2, 0.25) is 0 Å². The van der Waals surface area contributed by atoms with E-state index in [-0.39, 0.29) is 11.1 Å². The molecule has 6 heteroatoms. The van der Waals surface area contributed by atoms with Gasteiger partial charge in [-0.3, -0.25) is 4.79 Å². The molecule has 3 heterocycles. The number of hydrogen-bond acceptors (Lipinski definition) is 5. The molecule has 0 aromatic carbocycles. The zero-order chi connectivity index (χ0) is 14.8. The van der Waals surface area contributed by atoms with E-state index in [4.69, 9.17) is 9.68 Å². The summed E-state index contributed by atoms with van der Waals surface area (Å²) in [5.74, 6) is 0. The molecule has 0 aliphatic heterocycles. The Bertz CT molecular complexity index is 869. The SMILES string of the molecule is Cc1ccn(Cc2csc(-c3ccoc3)n2)c(=O)c1C#N. The molecule has 21 heavy (non-hydrogen) atoms. The highest BCUT2D eigenvalue weighted by atomic mass is 32.1. The van der Waals surface area contributed by atoms with Gasteiger partial charge < -0.3 is 8.98 Å². The van der Waals surface area contributed by atoms with Crippen LogP contribution in [0.3, 0.4) is 0 Å². The topological polar surface area (TPSA) is 71.8 Å². The van der Waals surface area contributed by atoms with Crippen LogP contribution in [0.5, 0.6) is 0 Å². The third-order valence-corrected chi connectivity index (χ3v) is 4.08. The summed E-state index contributed by atoms with van der Waals surface area (Å²) in [6.45, 7) is 2.10. The molecule has 0 radical (unpaired) electrons. The van der Waals surface area contributed by atoms with Gasteiger partial charge >= 0.3 is 0 Å². The number of hydrogen-bond donors (Lipinski definition) is 0. The molecule has 5 nitrogen and oxygen atoms in total. The molecule has 3 aromatic rings. The second kappa shape index (κ2) is 5.38. The third-order valence-electron chi connectivity index (χ3n) is 3.14. The number of furan rings is 1. The fourth-order valence-corrected chi connectivity index (χ4v) is 2.80. The number of aryl methyl sites for hydroxylation is 1. The van der Waals surface area contributed by atoms with Crippen LogP contribution in [0.25, 0.3) is 10.6 Å². The van der Waals surface area contributed by atoms with Gasteiger partial charge in [-0.2, -0.15) is 5.26 Å². The zero-order valence-corrected chi connectivity index (χ0v) is 12.1. The molecule has 0 saturated heterocycles. The minimum atomic E-state index is -0.282. The molecule has 0 amide bonds. The Balaban J connectivity index is 1.92. The fraction of sp³-hybridized carbons (Fsp3) is 0.133. The third kappa shape index (κ3) is 2.51. The lowest BCUT2D eigenvalue weighted by atomic mass is 10.2. The maximum absolute atomic E-state index is 12.2. The van der Waals surface area contributed by atoms with Gasteiger partial charge in [-0.25, -0.2) is 4.98 Å². The summed E-state index contributed by atoms with van der Waals surface area (Å²) >= 11 is 1.49. The Morgan fingerprint density at radius 2 is 2.33 bits per heavy atom. The summed E-state index contributed by atoms with van der Waals surface area (Å²) in [6, 6.07) is 5.56. The van der Waals surface area contributed by atoms with Crippen LogP contribution in [-0.2, 0) is 6.54 Å². The molecule has 0 atom stereocenters. The van der Waals surface area contributed by atoms with Crippen molar-refractivity contribution in [2.45, 2.75) is 13.5 Å². The molecule has 0 bridgehead atoms. The second-order valence-electron chi connectivity index (χ2n) is 4.57. The van der Waals surface area contributed by atoms with Crippen LogP contribution in [0.1, 0.15) is 16.8 Å². The number of nitrogens with zero attached hydrogens (tertiary/aromatic N) is 3. The molecule has 0 N–H and O–H groups in total. The monoisotopic (exact) mass is 297 g/mol. The Kier molecular flexibility index (Phi) is 3.42. The van der Waals surface area contributed by atoms with Crippen LogP contribution in [0.15, 0.2) is 45.4 Å². The average molecular weight is 297 g/mol. The van der Waals surface area contributed by atoms with Gasteiger partial charge in [-0.05, 0) is 24.6 Å². The summed E-state index contributed by atoms with van der Waals surface area (Å²) < 4.78 is 6.53. The minimum Gasteiger partial charge on any atom is -0.472 e. The van der Waals surface area contributed by atoms with Crippen molar-refractivity contribution in [3.05, 3.63) is 63.4 Å². The Morgan fingerprint density at radius 3 is 3.05 bits per heavy atom. The van der Waals surface area contributed by atoms with E-state index in [1.54, 1.807) is 31.7 Å². The van der Waals surface area contributed by atoms with Gasteiger partial charge in [0.15, 0.2) is 0 Å². The number of nitriles is 1. The highest BCUT2D eigenvalue weighted by Gasteiger charge is 2.10. The zero-order valence-electron chi connectivity index (χ0n) is 11.2. The van der Waals surface area contributed by atoms with Gasteiger partial charge in [0.1, 0.15) is 22.9 Å². The maximum atomic E-state index is 12.2. The van der Waals surface area contributed by atoms with Crippen molar-refractivity contribution in [3.63, 3.8) is 0 Å². The molecular weight excluding hydrogens is 286 g/mol. The van der Waals surface area contributed by atoms with Crippen LogP contribution in [-0.4, -0.2) is 9.55 Å². The molecule has 3 aromatic heterocycles. The normalized spacial score (nSPS) is 10.5. The Morgan fingerprint density at radius 1 is 1.48 bits per heavy atom. The highest BCUT2D eigenvalue weighted by Crippen LogP contribution is 2.24. The predicted octanol–water partition coefficient (Wildman–Crippen LogP) is 2.79. The van der Waals surface area contributed by atoms with Gasteiger partial charge in [0, 0.05) is 17.1 Å². The van der Waals surface area contributed by atoms with E-state index in [1.807, 2.05) is 17.5 Å². The minimum absolute atomic E-state index is 0.183. The standard InChI is InChI=1S/C15H11N3O2S/c1-10-2-4-18(15(19)13(10)6-16)7-12-9-21-14(17-12)11-3-5-20-8-11/h2-5,8-9H,7H2,1H3. The van der Waals surface area contributed by atoms with E-state index in [0.717, 1.165) is 16.3 Å². The predicted molar refractivity (Wildman–Crippen MR) is 79.1 cm³/mol. The molecule has 0 aliphatic rings. The highest BCUT2D eigenvalue weighted by molar-refractivity contribution is 7.13. The van der Waals surface area contributed by atoms with E-state index < -0.39 is 0 Å². The Hall–Kier alpha value is -2.65. The molecule has 0 fully saturated rings. The van der Waals surface area contributed by atoms with Crippen LogP contribution < -0.4 is 5.56 Å². The van der Waals surface area contributed by atoms with Crippen molar-refractivity contribution >= 4 is 11.3 Å². The van der Waals surface area contributed by atoms with Crippen LogP contribution in [0, 0.1) is 18.3 Å². The first kappa shape index (κ1) is 13.3. The van der Waals surface area contributed by atoms with E-state index >= 15 is 0 Å². The maximum Gasteiger partial charge on any atom is 0.269 e. The molecular formula is C15H11N3O2S. The fourth-order valence-electron chi connectivity index (χ4n) is 2.00. The largest absolute Gasteiger partial charge is 0.472 e. The summed E-state index contributed by atoms with van der Waals surface area (Å²) in [6.07, 6.45) is 4.92. The van der Waals surface area contributed by atoms with E-state index in [2.05, 4.69) is 4.98 Å². The van der Waals surface area contributed by atoms with Crippen molar-refractivity contribution < 1.29 is 4.42 Å². The summed E-state index contributed by atoms with van der Waals surface area (Å²) in [4.78, 5) is 16.6. The lowest BCUT2D eigenvalue weighted by Crippen LogP contribution is -2.23. The number of aromatic nitrogens is 2. The summed E-state index contributed by atoms with van der Waals surface area (Å²) in [5.41, 5.74) is 2.29. The van der Waals surface area contributed by atoms with Crippen LogP contribution in [0.4, 0.5) is 0 Å². The summed E-state index contributed by atoms with van der Waals surface area (Å²) in [5, 5.41) is 11.8. The molecule has 3 rings (SSSR count). The first-order chi connectivity index (χ1) is 10.2. The van der Waals surface area contributed by atoms with Crippen LogP contribution >= 0.6 is 11.3 Å². The second-order valence-corrected chi connectivity index (χ2v) is 5.43. The van der Waals surface area contributed by atoms with Crippen molar-refractivity contribution in [1.82, 2.24) is 9.55 Å². The first-order valence-electron chi connectivity index (χ1n) is 6.26. The van der Waals surface area contributed by atoms with Crippen molar-refractivity contribution in [2.24, 2.45) is 0 Å². The molecule has 0 aliphatic carbocycles. The van der Waals surface area contributed by atoms with E-state index in [1.165, 1.54) is 15.9 Å². The average Bonchev–Trinajstić information content (AvgIpc) is 3.13. The molecule has 0 unspecified atom stereocenters. The van der Waals surface area contributed by atoms with Crippen molar-refractivity contribution in [1.29, 1.82) is 5.26 Å². The summed E-state index contributed by atoms with van der Waals surface area (Å²) in [7, 11) is 0. The van der Waals surface area contributed by atoms with E-state index in [0.29, 0.717) is 12.1 Å². The first-order valence-corrected chi connectivity index (χ1v) is 7.14. The van der Waals surface area contributed by atoms with E-state index in [9.17, 15) is 4.79 Å². The number of rotatable bonds is 3. The van der Waals surface area contributed by atoms with Gasteiger partial charge in [0.05, 0.1) is 18.5 Å². The smallest absolute Gasteiger partial charge is 0.269 e. The van der Waals surface area contributed by atoms with Gasteiger partial charge in [-0.1, -0.05) is 0 Å². The van der Waals surface area contributed by atoms with Crippen molar-refractivity contribution in [2.75, 3.05) is 0 Å². The van der Waals surface area contributed by atoms with Crippen LogP contribution in [0.2, 0.25) is 0 Å². The Labute approximate surface area is 124 Å². The van der Waals surface area contributed by atoms with Crippen molar-refractivity contribution in [3.8, 4) is 16.6 Å². The quantitative estimate of drug-likeness (QED) is 0.745. The molecule has 104 valence electrons. The lowest BCUT2D eigenvalue weighted by Gasteiger charge is -2.05. The number of thiazole rings is 1. The van der Waals surface area contributed by atoms with Gasteiger partial charge in [0.25, 0.3) is 5.56 Å². The molecule has 0 saturated carbocycles.